The predicted octanol–water partition coefficient (Wildman–Crippen LogP) is 6.03. The Labute approximate surface area is 271 Å². The summed E-state index contributed by atoms with van der Waals surface area (Å²) in [5.41, 5.74) is 3.56. The lowest BCUT2D eigenvalue weighted by molar-refractivity contribution is -0.146. The Hall–Kier alpha value is -4.52. The maximum atomic E-state index is 13.1. The Morgan fingerprint density at radius 2 is 1.36 bits per heavy atom. The van der Waals surface area contributed by atoms with E-state index in [1.54, 1.807) is 19.1 Å². The highest BCUT2D eigenvalue weighted by atomic mass is 19.4. The molecule has 2 fully saturated rings. The van der Waals surface area contributed by atoms with Gasteiger partial charge >= 0.3 is 18.1 Å². The number of nitrogens with zero attached hydrogens (tertiary/aromatic N) is 5. The molecule has 250 valence electrons. The van der Waals surface area contributed by atoms with Crippen LogP contribution >= 0.6 is 0 Å². The van der Waals surface area contributed by atoms with Crippen molar-refractivity contribution in [2.45, 2.75) is 57.5 Å². The minimum Gasteiger partial charge on any atom is -0.462 e. The van der Waals surface area contributed by atoms with Crippen LogP contribution in [0, 0.1) is 0 Å². The van der Waals surface area contributed by atoms with E-state index < -0.39 is 12.0 Å². The second-order valence-corrected chi connectivity index (χ2v) is 11.5. The van der Waals surface area contributed by atoms with Gasteiger partial charge in [-0.3, -0.25) is 0 Å². The van der Waals surface area contributed by atoms with Crippen molar-refractivity contribution in [1.82, 2.24) is 25.1 Å². The van der Waals surface area contributed by atoms with Gasteiger partial charge in [-0.25, -0.2) is 9.59 Å². The average Bonchev–Trinajstić information content (AvgIpc) is 3.54. The van der Waals surface area contributed by atoms with Gasteiger partial charge in [0, 0.05) is 13.1 Å². The van der Waals surface area contributed by atoms with Gasteiger partial charge in [0.25, 0.3) is 5.82 Å². The van der Waals surface area contributed by atoms with Gasteiger partial charge in [-0.1, -0.05) is 24.3 Å². The zero-order valence-corrected chi connectivity index (χ0v) is 26.5. The number of piperidine rings is 2. The lowest BCUT2D eigenvalue weighted by Gasteiger charge is -2.33. The SMILES string of the molecule is CCOC(=O)c1cccc(C2CCN(c3ccc4nnc(C(F)(F)F)n4n3)CC2)c1.CCOC(=O)c1cccc(C2CCNCC2)c1. The first-order valence-corrected chi connectivity index (χ1v) is 16.0. The standard InChI is InChI=1S/C20H20F3N5O2.C14H19NO2/c1-2-30-18(29)15-5-3-4-14(12-15)13-8-10-27(11-9-13)17-7-6-16-24-25-19(20(21,22)23)28(16)26-17;1-2-17-14(16)13-5-3-4-12(10-13)11-6-8-15-9-7-11/h3-7,12-13H,2,8-11H2,1H3;3-5,10-11,15H,2,6-9H2,1H3. The van der Waals surface area contributed by atoms with Gasteiger partial charge in [-0.2, -0.15) is 17.7 Å². The average molecular weight is 653 g/mol. The van der Waals surface area contributed by atoms with Gasteiger partial charge in [0.05, 0.1) is 24.3 Å². The number of anilines is 1. The molecule has 0 amide bonds. The highest BCUT2D eigenvalue weighted by Gasteiger charge is 2.38. The zero-order valence-electron chi connectivity index (χ0n) is 26.5. The Kier molecular flexibility index (Phi) is 11.1. The van der Waals surface area contributed by atoms with Crippen molar-refractivity contribution in [2.75, 3.05) is 44.3 Å². The number of fused-ring (bicyclic) bond motifs is 1. The normalized spacial score (nSPS) is 16.0. The van der Waals surface area contributed by atoms with E-state index in [0.717, 1.165) is 48.9 Å². The quantitative estimate of drug-likeness (QED) is 0.239. The first-order valence-electron chi connectivity index (χ1n) is 16.0. The Morgan fingerprint density at radius 3 is 1.89 bits per heavy atom. The molecule has 0 aliphatic carbocycles. The molecule has 0 spiro atoms. The molecule has 4 aromatic rings. The summed E-state index contributed by atoms with van der Waals surface area (Å²) in [7, 11) is 0. The van der Waals surface area contributed by atoms with Crippen LogP contribution in [0.15, 0.2) is 60.7 Å². The number of benzene rings is 2. The first-order chi connectivity index (χ1) is 22.7. The summed E-state index contributed by atoms with van der Waals surface area (Å²) in [5.74, 6) is -0.422. The third kappa shape index (κ3) is 8.45. The Balaban J connectivity index is 0.000000216. The lowest BCUT2D eigenvalue weighted by atomic mass is 9.88. The molecule has 47 heavy (non-hydrogen) atoms. The van der Waals surface area contributed by atoms with Crippen LogP contribution in [-0.4, -0.2) is 71.1 Å². The number of hydrogen-bond acceptors (Lipinski definition) is 9. The number of carbonyl (C=O) groups is 2. The van der Waals surface area contributed by atoms with Crippen molar-refractivity contribution in [3.8, 4) is 0 Å². The summed E-state index contributed by atoms with van der Waals surface area (Å²) in [6.07, 6.45) is -0.749. The van der Waals surface area contributed by atoms with Gasteiger partial charge in [-0.15, -0.1) is 15.3 Å². The van der Waals surface area contributed by atoms with Crippen molar-refractivity contribution >= 4 is 23.4 Å². The van der Waals surface area contributed by atoms with Crippen LogP contribution in [-0.2, 0) is 15.7 Å². The molecular weight excluding hydrogens is 613 g/mol. The summed E-state index contributed by atoms with van der Waals surface area (Å²) < 4.78 is 50.1. The zero-order chi connectivity index (χ0) is 33.4. The van der Waals surface area contributed by atoms with Crippen LogP contribution in [0.4, 0.5) is 19.0 Å². The van der Waals surface area contributed by atoms with Crippen LogP contribution in [0.5, 0.6) is 0 Å². The van der Waals surface area contributed by atoms with E-state index in [2.05, 4.69) is 26.7 Å². The van der Waals surface area contributed by atoms with Gasteiger partial charge in [0.1, 0.15) is 5.82 Å². The van der Waals surface area contributed by atoms with Gasteiger partial charge in [-0.05, 0) is 112 Å². The largest absolute Gasteiger partial charge is 0.462 e. The van der Waals surface area contributed by atoms with Crippen molar-refractivity contribution in [3.63, 3.8) is 0 Å². The third-order valence-electron chi connectivity index (χ3n) is 8.40. The first kappa shape index (κ1) is 33.8. The van der Waals surface area contributed by atoms with Gasteiger partial charge < -0.3 is 19.7 Å². The van der Waals surface area contributed by atoms with Crippen molar-refractivity contribution in [1.29, 1.82) is 0 Å². The van der Waals surface area contributed by atoms with Crippen LogP contribution in [0.25, 0.3) is 5.65 Å². The maximum absolute atomic E-state index is 13.1. The molecule has 0 atom stereocenters. The second-order valence-electron chi connectivity index (χ2n) is 11.5. The number of esters is 2. The Bertz CT molecular complexity index is 1660. The van der Waals surface area contributed by atoms with E-state index in [-0.39, 0.29) is 23.5 Å². The monoisotopic (exact) mass is 652 g/mol. The molecular formula is C34H39F3N6O4. The van der Waals surface area contributed by atoms with E-state index in [0.29, 0.717) is 49.2 Å². The molecule has 2 aliphatic rings. The number of rotatable bonds is 7. The van der Waals surface area contributed by atoms with Gasteiger partial charge in [0.15, 0.2) is 5.65 Å². The predicted molar refractivity (Wildman–Crippen MR) is 170 cm³/mol. The summed E-state index contributed by atoms with van der Waals surface area (Å²) in [6, 6.07) is 18.4. The number of hydrogen-bond donors (Lipinski definition) is 1. The number of nitrogens with one attached hydrogen (secondary N) is 1. The fraction of sp³-hybridized carbons (Fsp3) is 0.441. The fourth-order valence-corrected chi connectivity index (χ4v) is 5.99. The van der Waals surface area contributed by atoms with Crippen LogP contribution in [0.2, 0.25) is 0 Å². The molecule has 2 aromatic heterocycles. The minimum absolute atomic E-state index is 0.0525. The minimum atomic E-state index is -4.62. The van der Waals surface area contributed by atoms with Crippen LogP contribution in [0.1, 0.15) is 89.0 Å². The number of ether oxygens (including phenoxy) is 2. The third-order valence-corrected chi connectivity index (χ3v) is 8.40. The van der Waals surface area contributed by atoms with E-state index in [9.17, 15) is 22.8 Å². The molecule has 13 heteroatoms. The van der Waals surface area contributed by atoms with Crippen molar-refractivity contribution in [3.05, 3.63) is 88.7 Å². The molecule has 10 nitrogen and oxygen atoms in total. The van der Waals surface area contributed by atoms with E-state index in [1.165, 1.54) is 11.6 Å². The second kappa shape index (κ2) is 15.4. The molecule has 0 radical (unpaired) electrons. The van der Waals surface area contributed by atoms with E-state index in [1.807, 2.05) is 48.2 Å². The molecule has 2 aliphatic heterocycles. The summed E-state index contributed by atoms with van der Waals surface area (Å²) >= 11 is 0. The molecule has 0 saturated carbocycles. The van der Waals surface area contributed by atoms with E-state index in [4.69, 9.17) is 9.47 Å². The van der Waals surface area contributed by atoms with Crippen molar-refractivity contribution < 1.29 is 32.2 Å². The Morgan fingerprint density at radius 1 is 0.809 bits per heavy atom. The summed E-state index contributed by atoms with van der Waals surface area (Å²) in [4.78, 5) is 25.6. The summed E-state index contributed by atoms with van der Waals surface area (Å²) in [5, 5.41) is 14.2. The van der Waals surface area contributed by atoms with E-state index >= 15 is 0 Å². The molecule has 2 aromatic carbocycles. The summed E-state index contributed by atoms with van der Waals surface area (Å²) in [6.45, 7) is 7.74. The number of aromatic nitrogens is 4. The maximum Gasteiger partial charge on any atom is 0.453 e. The molecule has 2 saturated heterocycles. The molecule has 1 N–H and O–H groups in total. The molecule has 0 bridgehead atoms. The van der Waals surface area contributed by atoms with Crippen LogP contribution < -0.4 is 10.2 Å². The highest BCUT2D eigenvalue weighted by Crippen LogP contribution is 2.32. The molecule has 6 rings (SSSR count). The number of carbonyl (C=O) groups excluding carboxylic acids is 2. The number of alkyl halides is 3. The molecule has 0 unspecified atom stereocenters. The highest BCUT2D eigenvalue weighted by molar-refractivity contribution is 5.90. The lowest BCUT2D eigenvalue weighted by Crippen LogP contribution is -2.34. The fourth-order valence-electron chi connectivity index (χ4n) is 5.99. The molecule has 4 heterocycles. The van der Waals surface area contributed by atoms with Crippen LogP contribution in [0.3, 0.4) is 0 Å². The van der Waals surface area contributed by atoms with Gasteiger partial charge in [0.2, 0.25) is 0 Å². The smallest absolute Gasteiger partial charge is 0.453 e. The number of halogens is 3. The topological polar surface area (TPSA) is 111 Å². The van der Waals surface area contributed by atoms with Crippen molar-refractivity contribution in [2.24, 2.45) is 0 Å².